The van der Waals surface area contributed by atoms with E-state index in [1.54, 1.807) is 0 Å². The Morgan fingerprint density at radius 2 is 2.17 bits per heavy atom. The Balaban J connectivity index is 2.12. The van der Waals surface area contributed by atoms with E-state index in [0.29, 0.717) is 6.04 Å². The standard InChI is InChI=1S/C15H23NO2/c1-12-10-15(7-6-13(12)11-18)16-8-2-4-14(16)5-3-9-17/h6-7,10,14,17-18H,2-5,8-9,11H2,1H3. The van der Waals surface area contributed by atoms with E-state index in [2.05, 4.69) is 17.0 Å². The van der Waals surface area contributed by atoms with Gasteiger partial charge in [0, 0.05) is 24.9 Å². The first-order chi connectivity index (χ1) is 8.76. The summed E-state index contributed by atoms with van der Waals surface area (Å²) in [5.74, 6) is 0. The van der Waals surface area contributed by atoms with Crippen molar-refractivity contribution >= 4 is 5.69 Å². The summed E-state index contributed by atoms with van der Waals surface area (Å²) in [6.45, 7) is 3.55. The van der Waals surface area contributed by atoms with Gasteiger partial charge in [-0.25, -0.2) is 0 Å². The average Bonchev–Trinajstić information content (AvgIpc) is 2.84. The number of anilines is 1. The molecular formula is C15H23NO2. The molecule has 1 aromatic rings. The molecule has 1 heterocycles. The zero-order valence-corrected chi connectivity index (χ0v) is 11.1. The Hall–Kier alpha value is -1.06. The fourth-order valence-electron chi connectivity index (χ4n) is 2.84. The van der Waals surface area contributed by atoms with Crippen molar-refractivity contribution in [3.8, 4) is 0 Å². The second-order valence-electron chi connectivity index (χ2n) is 5.12. The van der Waals surface area contributed by atoms with E-state index < -0.39 is 0 Å². The number of aliphatic hydroxyl groups excluding tert-OH is 2. The molecule has 1 saturated heterocycles. The highest BCUT2D eigenvalue weighted by molar-refractivity contribution is 5.52. The minimum atomic E-state index is 0.111. The van der Waals surface area contributed by atoms with Crippen LogP contribution in [0.5, 0.6) is 0 Å². The molecular weight excluding hydrogens is 226 g/mol. The summed E-state index contributed by atoms with van der Waals surface area (Å²) >= 11 is 0. The third-order valence-electron chi connectivity index (χ3n) is 3.90. The average molecular weight is 249 g/mol. The van der Waals surface area contributed by atoms with Gasteiger partial charge in [0.2, 0.25) is 0 Å². The minimum absolute atomic E-state index is 0.111. The molecule has 1 aromatic carbocycles. The highest BCUT2D eigenvalue weighted by Gasteiger charge is 2.24. The number of aryl methyl sites for hydroxylation is 1. The summed E-state index contributed by atoms with van der Waals surface area (Å²) in [7, 11) is 0. The zero-order chi connectivity index (χ0) is 13.0. The Morgan fingerprint density at radius 3 is 2.83 bits per heavy atom. The predicted octanol–water partition coefficient (Wildman–Crippen LogP) is 2.23. The number of rotatable bonds is 5. The van der Waals surface area contributed by atoms with E-state index in [4.69, 9.17) is 5.11 Å². The first-order valence-electron chi connectivity index (χ1n) is 6.84. The summed E-state index contributed by atoms with van der Waals surface area (Å²) in [6, 6.07) is 6.86. The summed E-state index contributed by atoms with van der Waals surface area (Å²) < 4.78 is 0. The monoisotopic (exact) mass is 249 g/mol. The SMILES string of the molecule is Cc1cc(N2CCCC2CCCO)ccc1CO. The third-order valence-corrected chi connectivity index (χ3v) is 3.90. The van der Waals surface area contributed by atoms with Crippen molar-refractivity contribution in [1.29, 1.82) is 0 Å². The van der Waals surface area contributed by atoms with Crippen molar-refractivity contribution < 1.29 is 10.2 Å². The van der Waals surface area contributed by atoms with E-state index in [-0.39, 0.29) is 13.2 Å². The van der Waals surface area contributed by atoms with Crippen LogP contribution in [0.15, 0.2) is 18.2 Å². The fourth-order valence-corrected chi connectivity index (χ4v) is 2.84. The minimum Gasteiger partial charge on any atom is -0.396 e. The highest BCUT2D eigenvalue weighted by Crippen LogP contribution is 2.29. The first-order valence-corrected chi connectivity index (χ1v) is 6.84. The lowest BCUT2D eigenvalue weighted by molar-refractivity contribution is 0.279. The third kappa shape index (κ3) is 2.85. The van der Waals surface area contributed by atoms with Crippen molar-refractivity contribution in [2.24, 2.45) is 0 Å². The van der Waals surface area contributed by atoms with Crippen molar-refractivity contribution in [3.63, 3.8) is 0 Å². The molecule has 2 rings (SSSR count). The lowest BCUT2D eigenvalue weighted by atomic mass is 10.1. The number of benzene rings is 1. The maximum Gasteiger partial charge on any atom is 0.0684 e. The van der Waals surface area contributed by atoms with Crippen LogP contribution in [0.4, 0.5) is 5.69 Å². The zero-order valence-electron chi connectivity index (χ0n) is 11.1. The van der Waals surface area contributed by atoms with Gasteiger partial charge < -0.3 is 15.1 Å². The van der Waals surface area contributed by atoms with Gasteiger partial charge in [0.15, 0.2) is 0 Å². The van der Waals surface area contributed by atoms with Crippen LogP contribution in [0.25, 0.3) is 0 Å². The summed E-state index contributed by atoms with van der Waals surface area (Å²) in [6.07, 6.45) is 4.41. The molecule has 0 saturated carbocycles. The molecule has 0 aliphatic carbocycles. The summed E-state index contributed by atoms with van der Waals surface area (Å²) in [5.41, 5.74) is 3.41. The van der Waals surface area contributed by atoms with Gasteiger partial charge >= 0.3 is 0 Å². The van der Waals surface area contributed by atoms with E-state index in [1.165, 1.54) is 18.5 Å². The molecule has 1 unspecified atom stereocenters. The molecule has 0 aromatic heterocycles. The van der Waals surface area contributed by atoms with Gasteiger partial charge in [0.25, 0.3) is 0 Å². The predicted molar refractivity (Wildman–Crippen MR) is 73.8 cm³/mol. The Bertz CT molecular complexity index is 392. The van der Waals surface area contributed by atoms with E-state index in [0.717, 1.165) is 30.5 Å². The van der Waals surface area contributed by atoms with E-state index in [1.807, 2.05) is 13.0 Å². The second kappa shape index (κ2) is 6.21. The molecule has 1 aliphatic rings. The van der Waals surface area contributed by atoms with Gasteiger partial charge in [-0.05, 0) is 55.9 Å². The molecule has 1 atom stereocenters. The van der Waals surface area contributed by atoms with Crippen LogP contribution in [0, 0.1) is 6.92 Å². The maximum atomic E-state index is 9.20. The quantitative estimate of drug-likeness (QED) is 0.841. The molecule has 0 spiro atoms. The van der Waals surface area contributed by atoms with Crippen molar-refractivity contribution in [2.75, 3.05) is 18.1 Å². The normalized spacial score (nSPS) is 19.5. The molecule has 0 amide bonds. The van der Waals surface area contributed by atoms with Crippen LogP contribution in [-0.4, -0.2) is 29.4 Å². The molecule has 0 radical (unpaired) electrons. The first kappa shape index (κ1) is 13.4. The van der Waals surface area contributed by atoms with E-state index in [9.17, 15) is 5.11 Å². The van der Waals surface area contributed by atoms with Crippen molar-refractivity contribution in [1.82, 2.24) is 0 Å². The Labute approximate surface area is 109 Å². The maximum absolute atomic E-state index is 9.20. The van der Waals surface area contributed by atoms with Gasteiger partial charge in [-0.1, -0.05) is 6.07 Å². The Morgan fingerprint density at radius 1 is 1.33 bits per heavy atom. The van der Waals surface area contributed by atoms with Gasteiger partial charge in [0.05, 0.1) is 6.61 Å². The van der Waals surface area contributed by atoms with Gasteiger partial charge in [0.1, 0.15) is 0 Å². The Kier molecular flexibility index (Phi) is 4.61. The van der Waals surface area contributed by atoms with Crippen LogP contribution in [0.3, 0.4) is 0 Å². The van der Waals surface area contributed by atoms with Gasteiger partial charge in [-0.2, -0.15) is 0 Å². The largest absolute Gasteiger partial charge is 0.396 e. The van der Waals surface area contributed by atoms with Gasteiger partial charge in [-0.15, -0.1) is 0 Å². The molecule has 100 valence electrons. The number of aliphatic hydroxyl groups is 2. The molecule has 0 bridgehead atoms. The van der Waals surface area contributed by atoms with Crippen LogP contribution in [0.2, 0.25) is 0 Å². The van der Waals surface area contributed by atoms with Crippen LogP contribution in [0.1, 0.15) is 36.8 Å². The van der Waals surface area contributed by atoms with Crippen LogP contribution < -0.4 is 4.90 Å². The molecule has 1 aliphatic heterocycles. The second-order valence-corrected chi connectivity index (χ2v) is 5.12. The summed E-state index contributed by atoms with van der Waals surface area (Å²) in [4.78, 5) is 2.45. The fraction of sp³-hybridized carbons (Fsp3) is 0.600. The number of nitrogens with zero attached hydrogens (tertiary/aromatic N) is 1. The molecule has 18 heavy (non-hydrogen) atoms. The number of hydrogen-bond donors (Lipinski definition) is 2. The van der Waals surface area contributed by atoms with E-state index >= 15 is 0 Å². The van der Waals surface area contributed by atoms with Crippen LogP contribution in [-0.2, 0) is 6.61 Å². The van der Waals surface area contributed by atoms with Crippen LogP contribution >= 0.6 is 0 Å². The lowest BCUT2D eigenvalue weighted by Gasteiger charge is -2.27. The highest BCUT2D eigenvalue weighted by atomic mass is 16.3. The topological polar surface area (TPSA) is 43.7 Å². The van der Waals surface area contributed by atoms with Crippen molar-refractivity contribution in [3.05, 3.63) is 29.3 Å². The smallest absolute Gasteiger partial charge is 0.0684 e. The molecule has 2 N–H and O–H groups in total. The van der Waals surface area contributed by atoms with Crippen molar-refractivity contribution in [2.45, 2.75) is 45.3 Å². The molecule has 3 heteroatoms. The van der Waals surface area contributed by atoms with Gasteiger partial charge in [-0.3, -0.25) is 0 Å². The molecule has 1 fully saturated rings. The molecule has 3 nitrogen and oxygen atoms in total. The summed E-state index contributed by atoms with van der Waals surface area (Å²) in [5, 5.41) is 18.2. The number of hydrogen-bond acceptors (Lipinski definition) is 3. The lowest BCUT2D eigenvalue weighted by Crippen LogP contribution is -2.29.